The third-order valence-electron chi connectivity index (χ3n) is 4.36. The van der Waals surface area contributed by atoms with Crippen molar-refractivity contribution in [1.82, 2.24) is 14.8 Å². The van der Waals surface area contributed by atoms with E-state index in [9.17, 15) is 4.79 Å². The maximum atomic E-state index is 12.8. The smallest absolute Gasteiger partial charge is 0.295 e. The summed E-state index contributed by atoms with van der Waals surface area (Å²) in [6, 6.07) is 22.0. The largest absolute Gasteiger partial charge is 0.318 e. The fraction of sp³-hybridized carbons (Fsp3) is 0.0455. The Labute approximate surface area is 177 Å². The zero-order chi connectivity index (χ0) is 20.4. The molecule has 0 saturated heterocycles. The third kappa shape index (κ3) is 4.01. The molecule has 1 N–H and O–H groups in total. The number of hydrogen-bond acceptors (Lipinski definition) is 3. The summed E-state index contributed by atoms with van der Waals surface area (Å²) in [5.74, 6) is 0.1000. The first-order chi connectivity index (χ1) is 14.0. The topological polar surface area (TPSA) is 59.8 Å². The van der Waals surface area contributed by atoms with Gasteiger partial charge in [-0.3, -0.25) is 4.79 Å². The Hall–Kier alpha value is -3.15. The molecule has 1 aromatic heterocycles. The number of halogens is 2. The predicted molar refractivity (Wildman–Crippen MR) is 116 cm³/mol. The lowest BCUT2D eigenvalue weighted by Crippen LogP contribution is -2.14. The van der Waals surface area contributed by atoms with Crippen molar-refractivity contribution in [3.05, 3.63) is 94.2 Å². The molecule has 1 amide bonds. The predicted octanol–water partition coefficient (Wildman–Crippen LogP) is 5.80. The SMILES string of the molecule is Cc1ccccc1-n1nc(C(=O)Nc2ccccc2Cl)nc1-c1cccc(Cl)c1. The summed E-state index contributed by atoms with van der Waals surface area (Å²) < 4.78 is 1.66. The Bertz CT molecular complexity index is 1200. The van der Waals surface area contributed by atoms with Gasteiger partial charge in [0.1, 0.15) is 0 Å². The molecule has 4 aromatic rings. The lowest BCUT2D eigenvalue weighted by atomic mass is 10.2. The van der Waals surface area contributed by atoms with Gasteiger partial charge in [-0.05, 0) is 42.8 Å². The van der Waals surface area contributed by atoms with Gasteiger partial charge < -0.3 is 5.32 Å². The van der Waals surface area contributed by atoms with Crippen molar-refractivity contribution in [2.24, 2.45) is 0 Å². The Morgan fingerprint density at radius 3 is 2.48 bits per heavy atom. The van der Waals surface area contributed by atoms with Crippen molar-refractivity contribution in [3.63, 3.8) is 0 Å². The van der Waals surface area contributed by atoms with Crippen LogP contribution in [0, 0.1) is 6.92 Å². The number of para-hydroxylation sites is 2. The Balaban J connectivity index is 1.80. The molecule has 7 heteroatoms. The van der Waals surface area contributed by atoms with E-state index in [-0.39, 0.29) is 5.82 Å². The number of hydrogen-bond donors (Lipinski definition) is 1. The van der Waals surface area contributed by atoms with Crippen LogP contribution < -0.4 is 5.32 Å². The maximum absolute atomic E-state index is 12.8. The zero-order valence-corrected chi connectivity index (χ0v) is 16.9. The molecule has 144 valence electrons. The number of nitrogens with zero attached hydrogens (tertiary/aromatic N) is 3. The average molecular weight is 423 g/mol. The van der Waals surface area contributed by atoms with Crippen molar-refractivity contribution in [2.45, 2.75) is 6.92 Å². The molecular weight excluding hydrogens is 407 g/mol. The zero-order valence-electron chi connectivity index (χ0n) is 15.4. The van der Waals surface area contributed by atoms with E-state index >= 15 is 0 Å². The van der Waals surface area contributed by atoms with Gasteiger partial charge in [-0.25, -0.2) is 9.67 Å². The van der Waals surface area contributed by atoms with Gasteiger partial charge >= 0.3 is 0 Å². The van der Waals surface area contributed by atoms with Crippen LogP contribution in [0.15, 0.2) is 72.8 Å². The molecule has 0 radical (unpaired) electrons. The summed E-state index contributed by atoms with van der Waals surface area (Å²) in [6.07, 6.45) is 0. The Kier molecular flexibility index (Phi) is 5.34. The molecule has 0 atom stereocenters. The number of carbonyl (C=O) groups is 1. The molecule has 0 aliphatic heterocycles. The van der Waals surface area contributed by atoms with Crippen LogP contribution in [-0.2, 0) is 0 Å². The minimum Gasteiger partial charge on any atom is -0.318 e. The van der Waals surface area contributed by atoms with Crippen molar-refractivity contribution < 1.29 is 4.79 Å². The number of rotatable bonds is 4. The number of amides is 1. The van der Waals surface area contributed by atoms with Gasteiger partial charge in [0.15, 0.2) is 5.82 Å². The number of anilines is 1. The molecule has 29 heavy (non-hydrogen) atoms. The van der Waals surface area contributed by atoms with Crippen LogP contribution >= 0.6 is 23.2 Å². The van der Waals surface area contributed by atoms with Gasteiger partial charge in [0.2, 0.25) is 5.82 Å². The molecule has 0 spiro atoms. The Morgan fingerprint density at radius 2 is 1.72 bits per heavy atom. The normalized spacial score (nSPS) is 10.7. The van der Waals surface area contributed by atoms with E-state index in [1.54, 1.807) is 41.1 Å². The average Bonchev–Trinajstić information content (AvgIpc) is 3.15. The number of benzene rings is 3. The summed E-state index contributed by atoms with van der Waals surface area (Å²) in [5.41, 5.74) is 3.08. The van der Waals surface area contributed by atoms with Crippen molar-refractivity contribution in [1.29, 1.82) is 0 Å². The number of aromatic nitrogens is 3. The summed E-state index contributed by atoms with van der Waals surface area (Å²) in [4.78, 5) is 17.3. The third-order valence-corrected chi connectivity index (χ3v) is 4.92. The number of carbonyl (C=O) groups excluding carboxylic acids is 1. The first-order valence-corrected chi connectivity index (χ1v) is 9.63. The molecule has 0 unspecified atom stereocenters. The second-order valence-electron chi connectivity index (χ2n) is 6.40. The fourth-order valence-corrected chi connectivity index (χ4v) is 3.31. The summed E-state index contributed by atoms with van der Waals surface area (Å²) in [5, 5.41) is 8.25. The minimum absolute atomic E-state index is 0.0307. The van der Waals surface area contributed by atoms with Gasteiger partial charge in [-0.2, -0.15) is 0 Å². The van der Waals surface area contributed by atoms with E-state index in [0.29, 0.717) is 21.6 Å². The van der Waals surface area contributed by atoms with Gasteiger partial charge in [-0.15, -0.1) is 5.10 Å². The Morgan fingerprint density at radius 1 is 0.966 bits per heavy atom. The first-order valence-electron chi connectivity index (χ1n) is 8.88. The highest BCUT2D eigenvalue weighted by molar-refractivity contribution is 6.33. The number of aryl methyl sites for hydroxylation is 1. The minimum atomic E-state index is -0.450. The lowest BCUT2D eigenvalue weighted by Gasteiger charge is -2.08. The molecule has 0 saturated carbocycles. The molecule has 0 fully saturated rings. The molecular formula is C22H16Cl2N4O. The summed E-state index contributed by atoms with van der Waals surface area (Å²) >= 11 is 12.3. The molecule has 0 bridgehead atoms. The first kappa shape index (κ1) is 19.2. The lowest BCUT2D eigenvalue weighted by molar-refractivity contribution is 0.101. The van der Waals surface area contributed by atoms with E-state index in [1.165, 1.54) is 0 Å². The molecule has 0 aliphatic rings. The molecule has 4 rings (SSSR count). The van der Waals surface area contributed by atoms with Crippen molar-refractivity contribution >= 4 is 34.8 Å². The second-order valence-corrected chi connectivity index (χ2v) is 7.25. The van der Waals surface area contributed by atoms with Crippen LogP contribution in [0.3, 0.4) is 0 Å². The standard InChI is InChI=1S/C22H16Cl2N4O/c1-14-7-2-5-12-19(14)28-21(15-8-6-9-16(23)13-15)26-20(27-28)22(29)25-18-11-4-3-10-17(18)24/h2-13H,1H3,(H,25,29). The van der Waals surface area contributed by atoms with Crippen LogP contribution in [0.1, 0.15) is 16.2 Å². The fourth-order valence-electron chi connectivity index (χ4n) is 2.93. The molecule has 0 aliphatic carbocycles. The molecule has 3 aromatic carbocycles. The van der Waals surface area contributed by atoms with Crippen LogP contribution in [0.4, 0.5) is 5.69 Å². The van der Waals surface area contributed by atoms with Crippen molar-refractivity contribution in [2.75, 3.05) is 5.32 Å². The van der Waals surface area contributed by atoms with Gasteiger partial charge in [0, 0.05) is 10.6 Å². The van der Waals surface area contributed by atoms with Gasteiger partial charge in [0.25, 0.3) is 5.91 Å². The highest BCUT2D eigenvalue weighted by Crippen LogP contribution is 2.26. The van der Waals surface area contributed by atoms with E-state index < -0.39 is 5.91 Å². The monoisotopic (exact) mass is 422 g/mol. The van der Waals surface area contributed by atoms with Crippen LogP contribution in [-0.4, -0.2) is 20.7 Å². The van der Waals surface area contributed by atoms with Crippen molar-refractivity contribution in [3.8, 4) is 17.1 Å². The van der Waals surface area contributed by atoms with Gasteiger partial charge in [-0.1, -0.05) is 65.7 Å². The summed E-state index contributed by atoms with van der Waals surface area (Å²) in [7, 11) is 0. The highest BCUT2D eigenvalue weighted by atomic mass is 35.5. The highest BCUT2D eigenvalue weighted by Gasteiger charge is 2.20. The van der Waals surface area contributed by atoms with Gasteiger partial charge in [0.05, 0.1) is 16.4 Å². The second kappa shape index (κ2) is 8.07. The van der Waals surface area contributed by atoms with E-state index in [1.807, 2.05) is 43.3 Å². The maximum Gasteiger partial charge on any atom is 0.295 e. The quantitative estimate of drug-likeness (QED) is 0.451. The van der Waals surface area contributed by atoms with E-state index in [4.69, 9.17) is 23.2 Å². The molecule has 5 nitrogen and oxygen atoms in total. The van der Waals surface area contributed by atoms with Crippen LogP contribution in [0.25, 0.3) is 17.1 Å². The van der Waals surface area contributed by atoms with E-state index in [0.717, 1.165) is 16.8 Å². The molecule has 1 heterocycles. The number of nitrogens with one attached hydrogen (secondary N) is 1. The van der Waals surface area contributed by atoms with Crippen LogP contribution in [0.2, 0.25) is 10.0 Å². The van der Waals surface area contributed by atoms with E-state index in [2.05, 4.69) is 15.4 Å². The summed E-state index contributed by atoms with van der Waals surface area (Å²) in [6.45, 7) is 1.97. The van der Waals surface area contributed by atoms with Crippen LogP contribution in [0.5, 0.6) is 0 Å².